The van der Waals surface area contributed by atoms with E-state index in [4.69, 9.17) is 10.5 Å². The molecule has 2 nitrogen and oxygen atoms in total. The third-order valence-corrected chi connectivity index (χ3v) is 3.64. The Balaban J connectivity index is 1.83. The van der Waals surface area contributed by atoms with Gasteiger partial charge in [0, 0.05) is 6.54 Å². The SMILES string of the molecule is NC[C@@H](OCC1CCCCC1)c1ccccc1. The monoisotopic (exact) mass is 233 g/mol. The highest BCUT2D eigenvalue weighted by Gasteiger charge is 2.16. The smallest absolute Gasteiger partial charge is 0.0947 e. The predicted molar refractivity (Wildman–Crippen MR) is 70.8 cm³/mol. The lowest BCUT2D eigenvalue weighted by atomic mass is 9.90. The van der Waals surface area contributed by atoms with Crippen molar-refractivity contribution in [1.82, 2.24) is 0 Å². The molecule has 1 atom stereocenters. The van der Waals surface area contributed by atoms with Gasteiger partial charge in [-0.2, -0.15) is 0 Å². The van der Waals surface area contributed by atoms with Gasteiger partial charge in [-0.05, 0) is 24.3 Å². The number of nitrogens with two attached hydrogens (primary N) is 1. The Bertz CT molecular complexity index is 306. The van der Waals surface area contributed by atoms with Gasteiger partial charge in [-0.1, -0.05) is 49.6 Å². The summed E-state index contributed by atoms with van der Waals surface area (Å²) >= 11 is 0. The van der Waals surface area contributed by atoms with E-state index in [1.807, 2.05) is 18.2 Å². The summed E-state index contributed by atoms with van der Waals surface area (Å²) < 4.78 is 5.99. The Morgan fingerprint density at radius 1 is 1.12 bits per heavy atom. The van der Waals surface area contributed by atoms with Crippen LogP contribution in [0.4, 0.5) is 0 Å². The molecule has 0 unspecified atom stereocenters. The molecule has 94 valence electrons. The van der Waals surface area contributed by atoms with Crippen molar-refractivity contribution in [1.29, 1.82) is 0 Å². The normalized spacial score (nSPS) is 19.1. The predicted octanol–water partition coefficient (Wildman–Crippen LogP) is 3.28. The molecular formula is C15H23NO. The van der Waals surface area contributed by atoms with Crippen LogP contribution >= 0.6 is 0 Å². The topological polar surface area (TPSA) is 35.2 Å². The van der Waals surface area contributed by atoms with Crippen LogP contribution in [0.3, 0.4) is 0 Å². The zero-order valence-corrected chi connectivity index (χ0v) is 10.5. The van der Waals surface area contributed by atoms with E-state index in [-0.39, 0.29) is 6.10 Å². The van der Waals surface area contributed by atoms with E-state index >= 15 is 0 Å². The molecule has 1 aromatic carbocycles. The lowest BCUT2D eigenvalue weighted by Gasteiger charge is -2.24. The van der Waals surface area contributed by atoms with Crippen molar-refractivity contribution in [2.24, 2.45) is 11.7 Å². The van der Waals surface area contributed by atoms with E-state index in [0.717, 1.165) is 12.5 Å². The minimum Gasteiger partial charge on any atom is -0.372 e. The zero-order chi connectivity index (χ0) is 11.9. The summed E-state index contributed by atoms with van der Waals surface area (Å²) in [6.45, 7) is 1.44. The molecule has 1 saturated carbocycles. The number of benzene rings is 1. The van der Waals surface area contributed by atoms with Gasteiger partial charge in [0.25, 0.3) is 0 Å². The first kappa shape index (κ1) is 12.6. The number of ether oxygens (including phenoxy) is 1. The highest BCUT2D eigenvalue weighted by molar-refractivity contribution is 5.17. The first-order valence-electron chi connectivity index (χ1n) is 6.76. The van der Waals surface area contributed by atoms with Crippen LogP contribution in [0.1, 0.15) is 43.8 Å². The molecule has 1 fully saturated rings. The molecule has 0 amide bonds. The Kier molecular flexibility index (Phi) is 5.02. The molecule has 0 aliphatic heterocycles. The quantitative estimate of drug-likeness (QED) is 0.847. The molecule has 2 N–H and O–H groups in total. The zero-order valence-electron chi connectivity index (χ0n) is 10.5. The van der Waals surface area contributed by atoms with Crippen LogP contribution < -0.4 is 5.73 Å². The minimum atomic E-state index is 0.0677. The van der Waals surface area contributed by atoms with E-state index in [9.17, 15) is 0 Å². The Morgan fingerprint density at radius 3 is 2.47 bits per heavy atom. The molecule has 0 aromatic heterocycles. The molecule has 0 heterocycles. The van der Waals surface area contributed by atoms with Crippen molar-refractivity contribution in [3.05, 3.63) is 35.9 Å². The number of rotatable bonds is 5. The highest BCUT2D eigenvalue weighted by Crippen LogP contribution is 2.26. The second-order valence-electron chi connectivity index (χ2n) is 4.97. The Labute approximate surface area is 104 Å². The molecule has 0 spiro atoms. The molecular weight excluding hydrogens is 210 g/mol. The molecule has 1 aliphatic rings. The van der Waals surface area contributed by atoms with Crippen LogP contribution in [0.5, 0.6) is 0 Å². The molecule has 0 bridgehead atoms. The van der Waals surface area contributed by atoms with Gasteiger partial charge in [0.15, 0.2) is 0 Å². The number of hydrogen-bond donors (Lipinski definition) is 1. The van der Waals surface area contributed by atoms with Crippen LogP contribution in [-0.4, -0.2) is 13.2 Å². The second-order valence-corrected chi connectivity index (χ2v) is 4.97. The highest BCUT2D eigenvalue weighted by atomic mass is 16.5. The molecule has 0 saturated heterocycles. The third kappa shape index (κ3) is 3.83. The maximum atomic E-state index is 5.99. The molecule has 2 rings (SSSR count). The Hall–Kier alpha value is -0.860. The number of hydrogen-bond acceptors (Lipinski definition) is 2. The Morgan fingerprint density at radius 2 is 1.82 bits per heavy atom. The standard InChI is InChI=1S/C15H23NO/c16-11-15(14-9-5-2-6-10-14)17-12-13-7-3-1-4-8-13/h2,5-6,9-10,13,15H,1,3-4,7-8,11-12,16H2/t15-/m1/s1. The van der Waals surface area contributed by atoms with E-state index in [1.165, 1.54) is 37.7 Å². The fourth-order valence-electron chi connectivity index (χ4n) is 2.57. The average Bonchev–Trinajstić information content (AvgIpc) is 2.42. The van der Waals surface area contributed by atoms with Crippen molar-refractivity contribution in [3.8, 4) is 0 Å². The van der Waals surface area contributed by atoms with Crippen LogP contribution in [0.25, 0.3) is 0 Å². The first-order chi connectivity index (χ1) is 8.40. The summed E-state index contributed by atoms with van der Waals surface area (Å²) in [6.07, 6.45) is 6.85. The largest absolute Gasteiger partial charge is 0.372 e. The van der Waals surface area contributed by atoms with Crippen molar-refractivity contribution in [2.75, 3.05) is 13.2 Å². The summed E-state index contributed by atoms with van der Waals surface area (Å²) in [5.74, 6) is 0.751. The molecule has 0 radical (unpaired) electrons. The molecule has 1 aliphatic carbocycles. The molecule has 2 heteroatoms. The fraction of sp³-hybridized carbons (Fsp3) is 0.600. The average molecular weight is 233 g/mol. The lowest BCUT2D eigenvalue weighted by molar-refractivity contribution is 0.0246. The van der Waals surface area contributed by atoms with Gasteiger partial charge in [0.2, 0.25) is 0 Å². The van der Waals surface area contributed by atoms with Gasteiger partial charge in [-0.25, -0.2) is 0 Å². The van der Waals surface area contributed by atoms with Gasteiger partial charge < -0.3 is 10.5 Å². The van der Waals surface area contributed by atoms with Crippen molar-refractivity contribution >= 4 is 0 Å². The van der Waals surface area contributed by atoms with Crippen LogP contribution in [-0.2, 0) is 4.74 Å². The van der Waals surface area contributed by atoms with Crippen LogP contribution in [0.2, 0.25) is 0 Å². The van der Waals surface area contributed by atoms with Crippen molar-refractivity contribution < 1.29 is 4.74 Å². The van der Waals surface area contributed by atoms with Gasteiger partial charge in [-0.3, -0.25) is 0 Å². The summed E-state index contributed by atoms with van der Waals surface area (Å²) in [6, 6.07) is 10.3. The summed E-state index contributed by atoms with van der Waals surface area (Å²) in [5, 5.41) is 0. The third-order valence-electron chi connectivity index (χ3n) is 3.64. The van der Waals surface area contributed by atoms with Gasteiger partial charge in [0.1, 0.15) is 0 Å². The molecule has 17 heavy (non-hydrogen) atoms. The minimum absolute atomic E-state index is 0.0677. The van der Waals surface area contributed by atoms with E-state index in [0.29, 0.717) is 6.54 Å². The van der Waals surface area contributed by atoms with E-state index < -0.39 is 0 Å². The van der Waals surface area contributed by atoms with Gasteiger partial charge in [0.05, 0.1) is 12.7 Å². The maximum Gasteiger partial charge on any atom is 0.0947 e. The first-order valence-corrected chi connectivity index (χ1v) is 6.76. The maximum absolute atomic E-state index is 5.99. The molecule has 1 aromatic rings. The summed E-state index contributed by atoms with van der Waals surface area (Å²) in [4.78, 5) is 0. The second kappa shape index (κ2) is 6.77. The van der Waals surface area contributed by atoms with Crippen LogP contribution in [0.15, 0.2) is 30.3 Å². The van der Waals surface area contributed by atoms with Crippen molar-refractivity contribution in [3.63, 3.8) is 0 Å². The van der Waals surface area contributed by atoms with Gasteiger partial charge in [-0.15, -0.1) is 0 Å². The van der Waals surface area contributed by atoms with Crippen LogP contribution in [0, 0.1) is 5.92 Å². The fourth-order valence-corrected chi connectivity index (χ4v) is 2.57. The summed E-state index contributed by atoms with van der Waals surface area (Å²) in [7, 11) is 0. The van der Waals surface area contributed by atoms with E-state index in [1.54, 1.807) is 0 Å². The van der Waals surface area contributed by atoms with Gasteiger partial charge >= 0.3 is 0 Å². The van der Waals surface area contributed by atoms with E-state index in [2.05, 4.69) is 12.1 Å². The van der Waals surface area contributed by atoms with Crippen molar-refractivity contribution in [2.45, 2.75) is 38.2 Å². The summed E-state index contributed by atoms with van der Waals surface area (Å²) in [5.41, 5.74) is 7.00. The lowest BCUT2D eigenvalue weighted by Crippen LogP contribution is -2.20.